The highest BCUT2D eigenvalue weighted by atomic mass is 19.4. The van der Waals surface area contributed by atoms with Crippen LogP contribution in [0.3, 0.4) is 0 Å². The van der Waals surface area contributed by atoms with Crippen LogP contribution in [0.1, 0.15) is 6.42 Å². The third-order valence-corrected chi connectivity index (χ3v) is 2.73. The number of para-hydroxylation sites is 1. The molecule has 1 aromatic carbocycles. The van der Waals surface area contributed by atoms with Crippen molar-refractivity contribution in [3.8, 4) is 5.75 Å². The Morgan fingerprint density at radius 1 is 1.19 bits per heavy atom. The fourth-order valence-corrected chi connectivity index (χ4v) is 1.82. The number of ether oxygens (including phenoxy) is 1. The van der Waals surface area contributed by atoms with Crippen molar-refractivity contribution in [2.24, 2.45) is 0 Å². The van der Waals surface area contributed by atoms with Crippen LogP contribution in [-0.4, -0.2) is 17.3 Å². The van der Waals surface area contributed by atoms with Crippen LogP contribution >= 0.6 is 0 Å². The normalized spacial score (nSPS) is 15.5. The number of carboxylic acids is 1. The molecule has 110 valence electrons. The number of halogens is 3. The minimum atomic E-state index is -4.73. The number of carbonyl (C=O) groups is 1. The molecule has 1 aliphatic rings. The maximum atomic E-state index is 12.8. The van der Waals surface area contributed by atoms with Crippen LogP contribution in [0.5, 0.6) is 5.75 Å². The molecule has 0 atom stereocenters. The largest absolute Gasteiger partial charge is 0.478 e. The van der Waals surface area contributed by atoms with Crippen molar-refractivity contribution in [2.45, 2.75) is 12.6 Å². The first kappa shape index (κ1) is 14.9. The molecule has 0 saturated heterocycles. The molecule has 1 N–H and O–H groups in total. The maximum Gasteiger partial charge on any atom is 0.417 e. The van der Waals surface area contributed by atoms with Gasteiger partial charge in [0.1, 0.15) is 11.5 Å². The zero-order valence-electron chi connectivity index (χ0n) is 10.7. The Morgan fingerprint density at radius 2 is 1.86 bits per heavy atom. The van der Waals surface area contributed by atoms with E-state index in [0.29, 0.717) is 5.75 Å². The van der Waals surface area contributed by atoms with Crippen molar-refractivity contribution < 1.29 is 27.8 Å². The molecule has 6 heteroatoms. The molecule has 0 bridgehead atoms. The zero-order chi connectivity index (χ0) is 15.5. The summed E-state index contributed by atoms with van der Waals surface area (Å²) in [5.41, 5.74) is -2.02. The Balaban J connectivity index is 2.40. The van der Waals surface area contributed by atoms with Crippen molar-refractivity contribution >= 4 is 5.97 Å². The van der Waals surface area contributed by atoms with E-state index in [2.05, 4.69) is 0 Å². The van der Waals surface area contributed by atoms with Gasteiger partial charge in [0, 0.05) is 6.42 Å². The van der Waals surface area contributed by atoms with E-state index >= 15 is 0 Å². The molecule has 0 saturated carbocycles. The average molecular weight is 296 g/mol. The number of allylic oxidation sites excluding steroid dienone is 3. The van der Waals surface area contributed by atoms with Crippen LogP contribution in [0, 0.1) is 0 Å². The lowest BCUT2D eigenvalue weighted by Crippen LogP contribution is -2.15. The number of aliphatic carboxylic acids is 1. The number of hydrogen-bond acceptors (Lipinski definition) is 2. The van der Waals surface area contributed by atoms with E-state index in [9.17, 15) is 18.0 Å². The molecule has 2 rings (SSSR count). The van der Waals surface area contributed by atoms with Gasteiger partial charge < -0.3 is 9.84 Å². The van der Waals surface area contributed by atoms with Gasteiger partial charge in [0.05, 0.1) is 11.1 Å². The van der Waals surface area contributed by atoms with Gasteiger partial charge in [-0.2, -0.15) is 13.2 Å². The summed E-state index contributed by atoms with van der Waals surface area (Å²) in [6.07, 6.45) is -1.75. The van der Waals surface area contributed by atoms with Gasteiger partial charge in [-0.25, -0.2) is 4.79 Å². The molecule has 0 fully saturated rings. The Labute approximate surface area is 118 Å². The molecule has 0 unspecified atom stereocenters. The van der Waals surface area contributed by atoms with Crippen LogP contribution in [0.15, 0.2) is 65.5 Å². The van der Waals surface area contributed by atoms with Crippen LogP contribution in [0.2, 0.25) is 0 Å². The van der Waals surface area contributed by atoms with Crippen LogP contribution in [-0.2, 0) is 4.79 Å². The van der Waals surface area contributed by atoms with Gasteiger partial charge in [0.15, 0.2) is 0 Å². The van der Waals surface area contributed by atoms with Crippen molar-refractivity contribution in [2.75, 3.05) is 0 Å². The molecular formula is C15H11F3O3. The second kappa shape index (κ2) is 5.87. The maximum absolute atomic E-state index is 12.8. The second-order valence-corrected chi connectivity index (χ2v) is 4.26. The molecule has 0 aromatic heterocycles. The predicted octanol–water partition coefficient (Wildman–Crippen LogP) is 3.85. The molecule has 0 radical (unpaired) electrons. The molecule has 0 amide bonds. The summed E-state index contributed by atoms with van der Waals surface area (Å²) in [5.74, 6) is -1.09. The first-order valence-electron chi connectivity index (χ1n) is 6.02. The number of rotatable bonds is 3. The Kier molecular flexibility index (Phi) is 4.16. The monoisotopic (exact) mass is 296 g/mol. The van der Waals surface area contributed by atoms with Gasteiger partial charge in [-0.3, -0.25) is 0 Å². The van der Waals surface area contributed by atoms with Crippen molar-refractivity contribution in [1.29, 1.82) is 0 Å². The fraction of sp³-hybridized carbons (Fsp3) is 0.133. The lowest BCUT2D eigenvalue weighted by atomic mass is 10.1. The average Bonchev–Trinajstić information content (AvgIpc) is 2.62. The molecule has 0 heterocycles. The van der Waals surface area contributed by atoms with Crippen LogP contribution in [0.4, 0.5) is 13.2 Å². The van der Waals surface area contributed by atoms with Crippen LogP contribution in [0.25, 0.3) is 0 Å². The van der Waals surface area contributed by atoms with Gasteiger partial charge in [0.2, 0.25) is 0 Å². The number of benzene rings is 1. The summed E-state index contributed by atoms with van der Waals surface area (Å²) in [4.78, 5) is 11.1. The highest BCUT2D eigenvalue weighted by Gasteiger charge is 2.36. The van der Waals surface area contributed by atoms with Gasteiger partial charge in [-0.05, 0) is 18.2 Å². The van der Waals surface area contributed by atoms with E-state index in [1.807, 2.05) is 0 Å². The third-order valence-electron chi connectivity index (χ3n) is 2.73. The Hall–Kier alpha value is -2.50. The molecule has 0 aliphatic heterocycles. The molecule has 1 aliphatic carbocycles. The smallest absolute Gasteiger partial charge is 0.417 e. The minimum absolute atomic E-state index is 0.0747. The van der Waals surface area contributed by atoms with Crippen molar-refractivity contribution in [3.05, 3.63) is 65.5 Å². The molecule has 1 aromatic rings. The summed E-state index contributed by atoms with van der Waals surface area (Å²) in [6.45, 7) is 0. The van der Waals surface area contributed by atoms with Gasteiger partial charge >= 0.3 is 12.1 Å². The first-order chi connectivity index (χ1) is 9.88. The number of carboxylic acid groups (broad SMARTS) is 1. The molecule has 21 heavy (non-hydrogen) atoms. The standard InChI is InChI=1S/C15H11F3O3/c16-15(17,18)13-8-4-7-11(9-12(13)14(19)20)21-10-5-2-1-3-6-10/h1-6,8-9H,7H2,(H,19,20). The highest BCUT2D eigenvalue weighted by Crippen LogP contribution is 2.32. The summed E-state index contributed by atoms with van der Waals surface area (Å²) in [7, 11) is 0. The quantitative estimate of drug-likeness (QED) is 0.921. The number of hydrogen-bond donors (Lipinski definition) is 1. The summed E-state index contributed by atoms with van der Waals surface area (Å²) in [6, 6.07) is 8.43. The van der Waals surface area contributed by atoms with E-state index in [1.165, 1.54) is 6.08 Å². The van der Waals surface area contributed by atoms with Crippen molar-refractivity contribution in [3.63, 3.8) is 0 Å². The van der Waals surface area contributed by atoms with Gasteiger partial charge in [-0.1, -0.05) is 30.4 Å². The Bertz CT molecular complexity index is 625. The lowest BCUT2D eigenvalue weighted by Gasteiger charge is -2.10. The second-order valence-electron chi connectivity index (χ2n) is 4.26. The number of alkyl halides is 3. The van der Waals surface area contributed by atoms with E-state index in [4.69, 9.17) is 9.84 Å². The predicted molar refractivity (Wildman–Crippen MR) is 69.6 cm³/mol. The topological polar surface area (TPSA) is 46.5 Å². The van der Waals surface area contributed by atoms with E-state index in [0.717, 1.165) is 12.2 Å². The fourth-order valence-electron chi connectivity index (χ4n) is 1.82. The Morgan fingerprint density at radius 3 is 2.43 bits per heavy atom. The minimum Gasteiger partial charge on any atom is -0.478 e. The zero-order valence-corrected chi connectivity index (χ0v) is 10.7. The molecular weight excluding hydrogens is 285 g/mol. The molecule has 3 nitrogen and oxygen atoms in total. The first-order valence-corrected chi connectivity index (χ1v) is 6.02. The SMILES string of the molecule is O=C(O)C1=C(C(F)(F)F)C=CCC(Oc2ccccc2)=C1. The lowest BCUT2D eigenvalue weighted by molar-refractivity contribution is -0.133. The van der Waals surface area contributed by atoms with Gasteiger partial charge in [0.25, 0.3) is 0 Å². The van der Waals surface area contributed by atoms with E-state index < -0.39 is 23.3 Å². The third kappa shape index (κ3) is 3.75. The highest BCUT2D eigenvalue weighted by molar-refractivity contribution is 5.92. The van der Waals surface area contributed by atoms with Crippen molar-refractivity contribution in [1.82, 2.24) is 0 Å². The summed E-state index contributed by atoms with van der Waals surface area (Å²) < 4.78 is 44.0. The van der Waals surface area contributed by atoms with E-state index in [-0.39, 0.29) is 12.2 Å². The molecule has 0 spiro atoms. The van der Waals surface area contributed by atoms with Crippen LogP contribution < -0.4 is 4.74 Å². The van der Waals surface area contributed by atoms with Gasteiger partial charge in [-0.15, -0.1) is 0 Å². The summed E-state index contributed by atoms with van der Waals surface area (Å²) >= 11 is 0. The van der Waals surface area contributed by atoms with E-state index in [1.54, 1.807) is 30.3 Å². The summed E-state index contributed by atoms with van der Waals surface area (Å²) in [5, 5.41) is 8.99.